The molecule has 0 saturated heterocycles. The monoisotopic (exact) mass is 640 g/mol. The van der Waals surface area contributed by atoms with Crippen molar-refractivity contribution in [1.29, 1.82) is 0 Å². The smallest absolute Gasteiger partial charge is 0.271 e. The van der Waals surface area contributed by atoms with Gasteiger partial charge in [-0.3, -0.25) is 24.3 Å². The maximum absolute atomic E-state index is 14.1. The number of nitrogens with zero attached hydrogens (tertiary/aromatic N) is 5. The van der Waals surface area contributed by atoms with Gasteiger partial charge < -0.3 is 5.32 Å². The molecule has 1 amide bonds. The van der Waals surface area contributed by atoms with E-state index in [4.69, 9.17) is 11.6 Å². The van der Waals surface area contributed by atoms with Gasteiger partial charge >= 0.3 is 0 Å². The second-order valence-electron chi connectivity index (χ2n) is 9.57. The van der Waals surface area contributed by atoms with Gasteiger partial charge in [-0.2, -0.15) is 0 Å². The van der Waals surface area contributed by atoms with Crippen LogP contribution in [0.5, 0.6) is 0 Å². The molecule has 0 spiro atoms. The highest BCUT2D eigenvalue weighted by Crippen LogP contribution is 2.33. The number of fused-ring (bicyclic) bond motifs is 1. The quantitative estimate of drug-likeness (QED) is 0.144. The molecule has 5 aromatic rings. The summed E-state index contributed by atoms with van der Waals surface area (Å²) >= 11 is 8.54. The molecule has 10 nitrogen and oxygen atoms in total. The van der Waals surface area contributed by atoms with E-state index in [0.717, 1.165) is 11.3 Å². The minimum atomic E-state index is -0.800. The van der Waals surface area contributed by atoms with Crippen molar-refractivity contribution in [3.63, 3.8) is 0 Å². The zero-order chi connectivity index (χ0) is 30.8. The van der Waals surface area contributed by atoms with Crippen molar-refractivity contribution < 1.29 is 9.72 Å². The first-order valence-corrected chi connectivity index (χ1v) is 15.2. The molecule has 0 radical (unpaired) electrons. The van der Waals surface area contributed by atoms with E-state index >= 15 is 0 Å². The molecule has 2 aromatic heterocycles. The Morgan fingerprint density at radius 2 is 1.80 bits per heavy atom. The molecule has 44 heavy (non-hydrogen) atoms. The van der Waals surface area contributed by atoms with Crippen LogP contribution in [0.3, 0.4) is 0 Å². The Kier molecular flexibility index (Phi) is 8.20. The molecule has 1 aliphatic heterocycles. The van der Waals surface area contributed by atoms with Crippen LogP contribution in [-0.2, 0) is 4.79 Å². The van der Waals surface area contributed by atoms with Gasteiger partial charge in [0.1, 0.15) is 0 Å². The zero-order valence-electron chi connectivity index (χ0n) is 22.9. The van der Waals surface area contributed by atoms with Crippen molar-refractivity contribution in [3.8, 4) is 0 Å². The fourth-order valence-corrected chi connectivity index (χ4v) is 6.68. The summed E-state index contributed by atoms with van der Waals surface area (Å²) in [5.74, 6) is -0.396. The molecule has 0 saturated carbocycles. The summed E-state index contributed by atoms with van der Waals surface area (Å²) in [5.41, 5.74) is 1.96. The van der Waals surface area contributed by atoms with Crippen molar-refractivity contribution in [3.05, 3.63) is 148 Å². The third-order valence-corrected chi connectivity index (χ3v) is 8.94. The number of nitrogens with one attached hydrogen (secondary N) is 1. The molecular weight excluding hydrogens is 620 g/mol. The third-order valence-electron chi connectivity index (χ3n) is 6.72. The van der Waals surface area contributed by atoms with Crippen LogP contribution < -0.4 is 20.2 Å². The highest BCUT2D eigenvalue weighted by atomic mass is 35.5. The van der Waals surface area contributed by atoms with Gasteiger partial charge in [-0.15, -0.1) is 0 Å². The van der Waals surface area contributed by atoms with Gasteiger partial charge in [0.25, 0.3) is 17.2 Å². The Hall–Kier alpha value is -4.91. The number of carbonyl (C=O) groups excluding carboxylic acids is 1. The Morgan fingerprint density at radius 1 is 1.07 bits per heavy atom. The summed E-state index contributed by atoms with van der Waals surface area (Å²) in [7, 11) is 0. The number of thiazole rings is 1. The van der Waals surface area contributed by atoms with E-state index < -0.39 is 22.4 Å². The number of allylic oxidation sites excluding steroid dienone is 1. The van der Waals surface area contributed by atoms with Crippen LogP contribution in [0.25, 0.3) is 6.08 Å². The molecule has 13 heteroatoms. The summed E-state index contributed by atoms with van der Waals surface area (Å²) in [5, 5.41) is 15.5. The highest BCUT2D eigenvalue weighted by Gasteiger charge is 2.32. The van der Waals surface area contributed by atoms with Crippen molar-refractivity contribution in [2.24, 2.45) is 4.99 Å². The fourth-order valence-electron chi connectivity index (χ4n) is 4.73. The first-order chi connectivity index (χ1) is 21.3. The van der Waals surface area contributed by atoms with Crippen LogP contribution in [0.2, 0.25) is 5.02 Å². The van der Waals surface area contributed by atoms with Gasteiger partial charge in [0.05, 0.1) is 26.8 Å². The maximum Gasteiger partial charge on any atom is 0.271 e. The topological polar surface area (TPSA) is 132 Å². The van der Waals surface area contributed by atoms with Crippen LogP contribution in [0, 0.1) is 10.1 Å². The Balaban J connectivity index is 1.51. The van der Waals surface area contributed by atoms with Crippen LogP contribution in [0.1, 0.15) is 24.1 Å². The average Bonchev–Trinajstić information content (AvgIpc) is 3.32. The van der Waals surface area contributed by atoms with Gasteiger partial charge in [0.2, 0.25) is 0 Å². The number of anilines is 1. The maximum atomic E-state index is 14.1. The van der Waals surface area contributed by atoms with E-state index in [9.17, 15) is 19.7 Å². The van der Waals surface area contributed by atoms with Crippen LogP contribution >= 0.6 is 34.7 Å². The van der Waals surface area contributed by atoms with E-state index in [2.05, 4.69) is 20.3 Å². The minimum Gasteiger partial charge on any atom is -0.322 e. The van der Waals surface area contributed by atoms with Crippen LogP contribution in [-0.4, -0.2) is 25.4 Å². The predicted octanol–water partition coefficient (Wildman–Crippen LogP) is 5.38. The number of carbonyl (C=O) groups is 1. The SMILES string of the molecule is CC1=C(C(=O)Nc2ccccc2)[C@H](c2ccc(Cl)cc2)n2c(s/c(=C/c3cc([N+](=O)[O-])ccc3Sc3ncccn3)c2=O)=N1. The van der Waals surface area contributed by atoms with Gasteiger partial charge in [0, 0.05) is 40.1 Å². The molecule has 0 unspecified atom stereocenters. The van der Waals surface area contributed by atoms with Crippen LogP contribution in [0.15, 0.2) is 122 Å². The number of halogens is 1. The second-order valence-corrected chi connectivity index (χ2v) is 12.0. The van der Waals surface area contributed by atoms with E-state index in [-0.39, 0.29) is 10.2 Å². The molecule has 0 fully saturated rings. The summed E-state index contributed by atoms with van der Waals surface area (Å²) in [6.45, 7) is 1.73. The molecule has 1 N–H and O–H groups in total. The molecular formula is C31H21ClN6O4S2. The third kappa shape index (κ3) is 5.95. The molecule has 0 bridgehead atoms. The van der Waals surface area contributed by atoms with Gasteiger partial charge in [-0.25, -0.2) is 15.0 Å². The molecule has 3 aromatic carbocycles. The highest BCUT2D eigenvalue weighted by molar-refractivity contribution is 7.99. The lowest BCUT2D eigenvalue weighted by atomic mass is 9.95. The van der Waals surface area contributed by atoms with Gasteiger partial charge in [-0.1, -0.05) is 53.3 Å². The van der Waals surface area contributed by atoms with Gasteiger partial charge in [0.15, 0.2) is 9.96 Å². The predicted molar refractivity (Wildman–Crippen MR) is 170 cm³/mol. The number of benzene rings is 3. The molecule has 1 aliphatic rings. The minimum absolute atomic E-state index is 0.128. The van der Waals surface area contributed by atoms with Gasteiger partial charge in [-0.05, 0) is 72.3 Å². The number of amides is 1. The number of aromatic nitrogens is 3. The molecule has 3 heterocycles. The average molecular weight is 641 g/mol. The first-order valence-electron chi connectivity index (χ1n) is 13.2. The standard InChI is InChI=1S/C31H21ClN6O4S2/c1-18-26(28(39)36-22-6-3-2-4-7-22)27(19-8-10-21(32)11-9-19)37-29(40)25(44-31(37)35-18)17-20-16-23(38(41)42)12-13-24(20)43-30-33-14-5-15-34-30/h2-17,27H,1H3,(H,36,39)/b25-17+/t27-/m0/s1. The molecule has 6 rings (SSSR count). The zero-order valence-corrected chi connectivity index (χ0v) is 25.3. The summed E-state index contributed by atoms with van der Waals surface area (Å²) in [6.07, 6.45) is 4.80. The lowest BCUT2D eigenvalue weighted by Crippen LogP contribution is -2.40. The van der Waals surface area contributed by atoms with E-state index in [1.54, 1.807) is 73.9 Å². The Labute approximate surface area is 263 Å². The Bertz CT molecular complexity index is 2110. The molecule has 218 valence electrons. The number of rotatable bonds is 7. The first kappa shape index (κ1) is 29.2. The second kappa shape index (κ2) is 12.4. The normalized spacial score (nSPS) is 14.6. The van der Waals surface area contributed by atoms with Crippen molar-refractivity contribution in [1.82, 2.24) is 14.5 Å². The number of non-ortho nitro benzene ring substituents is 1. The Morgan fingerprint density at radius 3 is 2.50 bits per heavy atom. The lowest BCUT2D eigenvalue weighted by Gasteiger charge is -2.25. The fraction of sp³-hybridized carbons (Fsp3) is 0.0645. The largest absolute Gasteiger partial charge is 0.322 e. The number of hydrogen-bond acceptors (Lipinski definition) is 9. The van der Waals surface area contributed by atoms with E-state index in [1.165, 1.54) is 28.5 Å². The molecule has 0 aliphatic carbocycles. The van der Waals surface area contributed by atoms with E-state index in [1.807, 2.05) is 18.2 Å². The lowest BCUT2D eigenvalue weighted by molar-refractivity contribution is -0.384. The number of nitro benzene ring substituents is 1. The van der Waals surface area contributed by atoms with E-state index in [0.29, 0.717) is 48.0 Å². The summed E-state index contributed by atoms with van der Waals surface area (Å²) in [6, 6.07) is 21.3. The molecule has 1 atom stereocenters. The summed E-state index contributed by atoms with van der Waals surface area (Å²) in [4.78, 5) is 53.1. The van der Waals surface area contributed by atoms with Crippen molar-refractivity contribution in [2.45, 2.75) is 23.0 Å². The number of nitro groups is 1. The number of para-hydroxylation sites is 1. The summed E-state index contributed by atoms with van der Waals surface area (Å²) < 4.78 is 1.77. The van der Waals surface area contributed by atoms with Crippen LogP contribution in [0.4, 0.5) is 11.4 Å². The number of hydrogen-bond donors (Lipinski definition) is 1. The van der Waals surface area contributed by atoms with Crippen molar-refractivity contribution >= 4 is 58.1 Å². The van der Waals surface area contributed by atoms with Crippen molar-refractivity contribution in [2.75, 3.05) is 5.32 Å².